The zero-order chi connectivity index (χ0) is 19.0. The Morgan fingerprint density at radius 1 is 1.32 bits per heavy atom. The van der Waals surface area contributed by atoms with Crippen LogP contribution in [0.2, 0.25) is 0 Å². The van der Waals surface area contributed by atoms with Gasteiger partial charge < -0.3 is 20.5 Å². The van der Waals surface area contributed by atoms with Crippen molar-refractivity contribution in [1.29, 1.82) is 0 Å². The van der Waals surface area contributed by atoms with E-state index < -0.39 is 0 Å². The van der Waals surface area contributed by atoms with Crippen molar-refractivity contribution in [2.45, 2.75) is 18.4 Å². The highest BCUT2D eigenvalue weighted by atomic mass is 35.5. The highest BCUT2D eigenvalue weighted by Gasteiger charge is 2.41. The van der Waals surface area contributed by atoms with Gasteiger partial charge >= 0.3 is 0 Å². The normalized spacial score (nSPS) is 22.8. The van der Waals surface area contributed by atoms with Gasteiger partial charge in [-0.05, 0) is 18.4 Å². The van der Waals surface area contributed by atoms with E-state index in [9.17, 15) is 14.4 Å². The van der Waals surface area contributed by atoms with Crippen LogP contribution in [0.3, 0.4) is 0 Å². The lowest BCUT2D eigenvalue weighted by Crippen LogP contribution is -2.54. The summed E-state index contributed by atoms with van der Waals surface area (Å²) in [5.74, 6) is -0.141. The van der Waals surface area contributed by atoms with E-state index in [1.165, 1.54) is 11.3 Å². The van der Waals surface area contributed by atoms with Crippen molar-refractivity contribution in [2.24, 2.45) is 11.7 Å². The number of carbonyl (C=O) groups is 2. The van der Waals surface area contributed by atoms with Crippen molar-refractivity contribution in [3.05, 3.63) is 50.8 Å². The molecule has 3 N–H and O–H groups in total. The number of carbonyl (C=O) groups excluding carboxylic acids is 2. The Hall–Kier alpha value is -2.23. The third kappa shape index (κ3) is 3.69. The highest BCUT2D eigenvalue weighted by Crippen LogP contribution is 2.40. The second-order valence-electron chi connectivity index (χ2n) is 7.01. The Balaban J connectivity index is 0.00000225. The van der Waals surface area contributed by atoms with Crippen LogP contribution in [0.15, 0.2) is 33.9 Å². The number of rotatable bonds is 4. The van der Waals surface area contributed by atoms with Gasteiger partial charge in [0.05, 0.1) is 18.1 Å². The molecule has 2 bridgehead atoms. The average molecular weight is 424 g/mol. The van der Waals surface area contributed by atoms with E-state index in [4.69, 9.17) is 5.73 Å². The molecule has 2 aromatic rings. The van der Waals surface area contributed by atoms with Crippen molar-refractivity contribution in [2.75, 3.05) is 26.2 Å². The van der Waals surface area contributed by atoms with Crippen LogP contribution in [0.5, 0.6) is 0 Å². The number of aromatic nitrogens is 2. The zero-order valence-electron chi connectivity index (χ0n) is 15.1. The molecule has 4 rings (SSSR count). The first-order valence-electron chi connectivity index (χ1n) is 8.94. The van der Waals surface area contributed by atoms with E-state index in [2.05, 4.69) is 10.3 Å². The summed E-state index contributed by atoms with van der Waals surface area (Å²) in [4.78, 5) is 42.9. The zero-order valence-corrected chi connectivity index (χ0v) is 16.7. The summed E-state index contributed by atoms with van der Waals surface area (Å²) in [6.45, 7) is 1.42. The number of fused-ring (bicyclic) bond motifs is 4. The Kier molecular flexibility index (Phi) is 6.17. The van der Waals surface area contributed by atoms with Crippen LogP contribution >= 0.6 is 23.7 Å². The molecule has 3 atom stereocenters. The summed E-state index contributed by atoms with van der Waals surface area (Å²) in [6, 6.07) is 5.03. The lowest BCUT2D eigenvalue weighted by atomic mass is 9.78. The number of halogens is 1. The number of hydrogen-bond donors (Lipinski definition) is 2. The van der Waals surface area contributed by atoms with Crippen molar-refractivity contribution < 1.29 is 9.59 Å². The van der Waals surface area contributed by atoms with Crippen LogP contribution in [0.1, 0.15) is 34.6 Å². The van der Waals surface area contributed by atoms with Gasteiger partial charge in [-0.25, -0.2) is 4.98 Å². The molecule has 28 heavy (non-hydrogen) atoms. The maximum Gasteiger partial charge on any atom is 0.270 e. The standard InChI is InChI=1S/C18H21N5O3S.ClH/c19-5-17(25)22-7-11-4-12(8-22)15(23-14(11)2-1-3-16(23)24)6-20-18(26)13-9-27-10-21-13;/h1-3,9-12,15H,4-8,19H2,(H,20,26);1H/t11-,12+,15+;/m1./s1. The fourth-order valence-electron chi connectivity index (χ4n) is 4.25. The van der Waals surface area contributed by atoms with Gasteiger partial charge in [-0.15, -0.1) is 23.7 Å². The summed E-state index contributed by atoms with van der Waals surface area (Å²) in [5, 5.41) is 4.59. The molecule has 4 heterocycles. The molecule has 0 saturated carbocycles. The van der Waals surface area contributed by atoms with Crippen molar-refractivity contribution in [3.8, 4) is 0 Å². The molecule has 1 fully saturated rings. The lowest BCUT2D eigenvalue weighted by Gasteiger charge is -2.47. The van der Waals surface area contributed by atoms with E-state index >= 15 is 0 Å². The van der Waals surface area contributed by atoms with Crippen LogP contribution in [-0.4, -0.2) is 52.4 Å². The van der Waals surface area contributed by atoms with Crippen LogP contribution < -0.4 is 16.6 Å². The molecule has 1 saturated heterocycles. The van der Waals surface area contributed by atoms with E-state index in [0.29, 0.717) is 25.3 Å². The number of thiazole rings is 1. The van der Waals surface area contributed by atoms with Gasteiger partial charge in [-0.1, -0.05) is 6.07 Å². The Bertz CT molecular complexity index is 916. The Morgan fingerprint density at radius 2 is 2.14 bits per heavy atom. The molecule has 0 spiro atoms. The van der Waals surface area contributed by atoms with E-state index in [-0.39, 0.29) is 54.2 Å². The van der Waals surface area contributed by atoms with E-state index in [0.717, 1.165) is 12.1 Å². The summed E-state index contributed by atoms with van der Waals surface area (Å²) in [5.41, 5.74) is 8.37. The SMILES string of the molecule is Cl.NCC(=O)N1C[C@H]2C[C@@H](C1)[C@H](CNC(=O)c1cscn1)n1c2cccc1=O. The number of nitrogens with two attached hydrogens (primary N) is 1. The quantitative estimate of drug-likeness (QED) is 0.748. The van der Waals surface area contributed by atoms with Gasteiger partial charge in [0.1, 0.15) is 5.69 Å². The van der Waals surface area contributed by atoms with E-state index in [1.54, 1.807) is 32.5 Å². The first-order chi connectivity index (χ1) is 13.1. The van der Waals surface area contributed by atoms with Crippen molar-refractivity contribution >= 4 is 35.6 Å². The second-order valence-corrected chi connectivity index (χ2v) is 7.72. The third-order valence-corrected chi connectivity index (χ3v) is 6.05. The van der Waals surface area contributed by atoms with Gasteiger partial charge in [0, 0.05) is 42.7 Å². The maximum absolute atomic E-state index is 12.6. The first-order valence-corrected chi connectivity index (χ1v) is 9.88. The summed E-state index contributed by atoms with van der Waals surface area (Å²) in [7, 11) is 0. The highest BCUT2D eigenvalue weighted by molar-refractivity contribution is 7.07. The van der Waals surface area contributed by atoms with Crippen LogP contribution in [0, 0.1) is 5.92 Å². The minimum Gasteiger partial charge on any atom is -0.349 e. The van der Waals surface area contributed by atoms with Gasteiger partial charge in [0.2, 0.25) is 5.91 Å². The third-order valence-electron chi connectivity index (χ3n) is 5.46. The molecule has 0 aromatic carbocycles. The number of pyridine rings is 1. The minimum atomic E-state index is -0.255. The predicted octanol–water partition coefficient (Wildman–Crippen LogP) is 0.602. The molecule has 8 nitrogen and oxygen atoms in total. The molecule has 2 aromatic heterocycles. The molecule has 2 amide bonds. The van der Waals surface area contributed by atoms with Crippen LogP contribution in [0.25, 0.3) is 0 Å². The predicted molar refractivity (Wildman–Crippen MR) is 108 cm³/mol. The molecular weight excluding hydrogens is 402 g/mol. The summed E-state index contributed by atoms with van der Waals surface area (Å²) in [6.07, 6.45) is 0.884. The fourth-order valence-corrected chi connectivity index (χ4v) is 4.78. The molecule has 0 unspecified atom stereocenters. The molecular formula is C18H22ClN5O3S. The van der Waals surface area contributed by atoms with E-state index in [1.807, 2.05) is 6.07 Å². The van der Waals surface area contributed by atoms with Crippen molar-refractivity contribution in [3.63, 3.8) is 0 Å². The first kappa shape index (κ1) is 20.5. The number of nitrogens with one attached hydrogen (secondary N) is 1. The Labute approximate surface area is 172 Å². The number of nitrogens with zero attached hydrogens (tertiary/aromatic N) is 3. The maximum atomic E-state index is 12.6. The average Bonchev–Trinajstić information content (AvgIpc) is 3.22. The van der Waals surface area contributed by atoms with Crippen molar-refractivity contribution in [1.82, 2.24) is 19.8 Å². The van der Waals surface area contributed by atoms with Gasteiger partial charge in [0.15, 0.2) is 0 Å². The lowest BCUT2D eigenvalue weighted by molar-refractivity contribution is -0.132. The monoisotopic (exact) mass is 423 g/mol. The van der Waals surface area contributed by atoms with Crippen LogP contribution in [0.4, 0.5) is 0 Å². The minimum absolute atomic E-state index is 0. The molecule has 0 aliphatic carbocycles. The molecule has 2 aliphatic heterocycles. The smallest absolute Gasteiger partial charge is 0.270 e. The van der Waals surface area contributed by atoms with Crippen LogP contribution in [-0.2, 0) is 4.79 Å². The number of likely N-dealkylation sites (tertiary alicyclic amines) is 1. The number of piperidine rings is 1. The van der Waals surface area contributed by atoms with Gasteiger partial charge in [0.25, 0.3) is 11.5 Å². The largest absolute Gasteiger partial charge is 0.349 e. The number of amides is 2. The van der Waals surface area contributed by atoms with Gasteiger partial charge in [-0.2, -0.15) is 0 Å². The molecule has 10 heteroatoms. The molecule has 150 valence electrons. The summed E-state index contributed by atoms with van der Waals surface area (Å²) < 4.78 is 1.80. The summed E-state index contributed by atoms with van der Waals surface area (Å²) >= 11 is 1.36. The molecule has 0 radical (unpaired) electrons. The topological polar surface area (TPSA) is 110 Å². The Morgan fingerprint density at radius 3 is 2.86 bits per heavy atom. The van der Waals surface area contributed by atoms with Gasteiger partial charge in [-0.3, -0.25) is 14.4 Å². The molecule has 2 aliphatic rings. The number of hydrogen-bond acceptors (Lipinski definition) is 6. The fraction of sp³-hybridized carbons (Fsp3) is 0.444. The second kappa shape index (κ2) is 8.42.